The Morgan fingerprint density at radius 3 is 2.75 bits per heavy atom. The van der Waals surface area contributed by atoms with Crippen LogP contribution in [0.3, 0.4) is 0 Å². The molecule has 0 aromatic carbocycles. The minimum absolute atomic E-state index is 0.0755. The highest BCUT2D eigenvalue weighted by molar-refractivity contribution is 7.10. The Balaban J connectivity index is 2.18. The molecule has 0 aliphatic carbocycles. The molecule has 2 amide bonds. The number of hydrogen-bond donors (Lipinski definition) is 2. The molecule has 0 radical (unpaired) electrons. The predicted octanol–water partition coefficient (Wildman–Crippen LogP) is 2.90. The van der Waals surface area contributed by atoms with Crippen LogP contribution in [0.1, 0.15) is 30.7 Å². The summed E-state index contributed by atoms with van der Waals surface area (Å²) in [6, 6.07) is 1.99. The van der Waals surface area contributed by atoms with E-state index in [1.54, 1.807) is 11.3 Å². The van der Waals surface area contributed by atoms with Crippen molar-refractivity contribution >= 4 is 17.4 Å². The third-order valence-electron chi connectivity index (χ3n) is 2.38. The summed E-state index contributed by atoms with van der Waals surface area (Å²) in [5.74, 6) is 0.625. The smallest absolute Gasteiger partial charge is 0.315 e. The minimum Gasteiger partial charge on any atom is -0.338 e. The summed E-state index contributed by atoms with van der Waals surface area (Å²) in [5.41, 5.74) is 1.24. The first-order valence-electron chi connectivity index (χ1n) is 5.64. The van der Waals surface area contributed by atoms with Gasteiger partial charge in [-0.15, -0.1) is 11.3 Å². The summed E-state index contributed by atoms with van der Waals surface area (Å²) in [7, 11) is 0. The summed E-state index contributed by atoms with van der Waals surface area (Å²) in [6.07, 6.45) is 1.02. The van der Waals surface area contributed by atoms with Gasteiger partial charge in [-0.3, -0.25) is 0 Å². The second kappa shape index (κ2) is 6.53. The quantitative estimate of drug-likeness (QED) is 0.816. The average molecular weight is 240 g/mol. The maximum Gasteiger partial charge on any atom is 0.315 e. The van der Waals surface area contributed by atoms with Crippen molar-refractivity contribution < 1.29 is 4.79 Å². The average Bonchev–Trinajstić information content (AvgIpc) is 2.60. The monoisotopic (exact) mass is 240 g/mol. The molecule has 0 atom stereocenters. The van der Waals surface area contributed by atoms with Gasteiger partial charge in [0.05, 0.1) is 6.54 Å². The van der Waals surface area contributed by atoms with E-state index in [0.29, 0.717) is 12.5 Å². The number of amides is 2. The molecule has 0 saturated heterocycles. The van der Waals surface area contributed by atoms with Crippen molar-refractivity contribution in [3.05, 3.63) is 21.9 Å². The number of thiophene rings is 1. The number of carbonyl (C=O) groups is 1. The molecule has 1 aromatic heterocycles. The van der Waals surface area contributed by atoms with Crippen molar-refractivity contribution in [1.82, 2.24) is 10.6 Å². The van der Waals surface area contributed by atoms with Gasteiger partial charge in [-0.2, -0.15) is 0 Å². The van der Waals surface area contributed by atoms with E-state index in [1.807, 2.05) is 5.38 Å². The third-order valence-corrected chi connectivity index (χ3v) is 3.41. The molecule has 4 heteroatoms. The topological polar surface area (TPSA) is 41.1 Å². The number of hydrogen-bond acceptors (Lipinski definition) is 2. The van der Waals surface area contributed by atoms with E-state index >= 15 is 0 Å². The molecule has 0 unspecified atom stereocenters. The minimum atomic E-state index is -0.0755. The molecule has 0 spiro atoms. The zero-order chi connectivity index (χ0) is 12.0. The fourth-order valence-electron chi connectivity index (χ4n) is 1.28. The molecule has 1 aromatic rings. The zero-order valence-electron chi connectivity index (χ0n) is 10.2. The largest absolute Gasteiger partial charge is 0.338 e. The lowest BCUT2D eigenvalue weighted by atomic mass is 10.1. The summed E-state index contributed by atoms with van der Waals surface area (Å²) < 4.78 is 0. The van der Waals surface area contributed by atoms with Gasteiger partial charge in [0.25, 0.3) is 0 Å². The SMILES string of the molecule is Cc1ccsc1CNC(=O)NCCC(C)C. The lowest BCUT2D eigenvalue weighted by Gasteiger charge is -2.08. The fraction of sp³-hybridized carbons (Fsp3) is 0.583. The van der Waals surface area contributed by atoms with Gasteiger partial charge in [0.15, 0.2) is 0 Å². The summed E-state index contributed by atoms with van der Waals surface area (Å²) in [5, 5.41) is 7.76. The van der Waals surface area contributed by atoms with Crippen LogP contribution in [0, 0.1) is 12.8 Å². The number of nitrogens with one attached hydrogen (secondary N) is 2. The Morgan fingerprint density at radius 2 is 2.19 bits per heavy atom. The first-order valence-corrected chi connectivity index (χ1v) is 6.52. The second-order valence-corrected chi connectivity index (χ2v) is 5.32. The standard InChI is InChI=1S/C12H20N2OS/c1-9(2)4-6-13-12(15)14-8-11-10(3)5-7-16-11/h5,7,9H,4,6,8H2,1-3H3,(H2,13,14,15). The number of aryl methyl sites for hydroxylation is 1. The molecule has 90 valence electrons. The normalized spacial score (nSPS) is 10.5. The van der Waals surface area contributed by atoms with Crippen LogP contribution in [0.4, 0.5) is 4.79 Å². The van der Waals surface area contributed by atoms with Gasteiger partial charge in [0, 0.05) is 11.4 Å². The highest BCUT2D eigenvalue weighted by Gasteiger charge is 2.03. The van der Waals surface area contributed by atoms with Crippen LogP contribution in [0.15, 0.2) is 11.4 Å². The number of rotatable bonds is 5. The number of urea groups is 1. The van der Waals surface area contributed by atoms with Gasteiger partial charge in [-0.05, 0) is 36.3 Å². The predicted molar refractivity (Wildman–Crippen MR) is 68.7 cm³/mol. The van der Waals surface area contributed by atoms with Crippen LogP contribution in [-0.4, -0.2) is 12.6 Å². The molecule has 1 rings (SSSR count). The number of carbonyl (C=O) groups excluding carboxylic acids is 1. The molecular weight excluding hydrogens is 220 g/mol. The van der Waals surface area contributed by atoms with E-state index in [4.69, 9.17) is 0 Å². The highest BCUT2D eigenvalue weighted by atomic mass is 32.1. The maximum atomic E-state index is 11.4. The molecule has 0 bridgehead atoms. The lowest BCUT2D eigenvalue weighted by molar-refractivity contribution is 0.240. The van der Waals surface area contributed by atoms with Gasteiger partial charge in [0.2, 0.25) is 0 Å². The van der Waals surface area contributed by atoms with Crippen molar-refractivity contribution in [3.63, 3.8) is 0 Å². The van der Waals surface area contributed by atoms with E-state index in [1.165, 1.54) is 10.4 Å². The Morgan fingerprint density at radius 1 is 1.44 bits per heavy atom. The van der Waals surface area contributed by atoms with Crippen LogP contribution < -0.4 is 10.6 Å². The van der Waals surface area contributed by atoms with Gasteiger partial charge in [0.1, 0.15) is 0 Å². The van der Waals surface area contributed by atoms with Crippen LogP contribution in [-0.2, 0) is 6.54 Å². The Labute approximate surface area is 101 Å². The molecular formula is C12H20N2OS. The first kappa shape index (κ1) is 13.0. The van der Waals surface area contributed by atoms with Crippen LogP contribution in [0.25, 0.3) is 0 Å². The van der Waals surface area contributed by atoms with E-state index in [0.717, 1.165) is 13.0 Å². The van der Waals surface area contributed by atoms with Gasteiger partial charge >= 0.3 is 6.03 Å². The van der Waals surface area contributed by atoms with Crippen molar-refractivity contribution in [1.29, 1.82) is 0 Å². The third kappa shape index (κ3) is 4.66. The van der Waals surface area contributed by atoms with Crippen LogP contribution in [0.5, 0.6) is 0 Å². The van der Waals surface area contributed by atoms with Gasteiger partial charge in [-0.1, -0.05) is 13.8 Å². The maximum absolute atomic E-state index is 11.4. The van der Waals surface area contributed by atoms with Crippen LogP contribution >= 0.6 is 11.3 Å². The van der Waals surface area contributed by atoms with Crippen molar-refractivity contribution in [2.45, 2.75) is 33.7 Å². The molecule has 0 fully saturated rings. The van der Waals surface area contributed by atoms with E-state index in [9.17, 15) is 4.79 Å². The molecule has 16 heavy (non-hydrogen) atoms. The Hall–Kier alpha value is -1.03. The van der Waals surface area contributed by atoms with E-state index in [-0.39, 0.29) is 6.03 Å². The van der Waals surface area contributed by atoms with Gasteiger partial charge in [-0.25, -0.2) is 4.79 Å². The first-order chi connectivity index (χ1) is 7.59. The highest BCUT2D eigenvalue weighted by Crippen LogP contribution is 2.14. The molecule has 0 aliphatic rings. The molecule has 0 saturated carbocycles. The lowest BCUT2D eigenvalue weighted by Crippen LogP contribution is -2.35. The molecule has 2 N–H and O–H groups in total. The summed E-state index contributed by atoms with van der Waals surface area (Å²) >= 11 is 1.68. The molecule has 3 nitrogen and oxygen atoms in total. The zero-order valence-corrected chi connectivity index (χ0v) is 11.0. The van der Waals surface area contributed by atoms with Crippen molar-refractivity contribution in [2.24, 2.45) is 5.92 Å². The summed E-state index contributed by atoms with van der Waals surface area (Å²) in [6.45, 7) is 7.72. The fourth-order valence-corrected chi connectivity index (χ4v) is 2.13. The Bertz CT molecular complexity index is 334. The van der Waals surface area contributed by atoms with Gasteiger partial charge < -0.3 is 10.6 Å². The van der Waals surface area contributed by atoms with Crippen LogP contribution in [0.2, 0.25) is 0 Å². The van der Waals surface area contributed by atoms with E-state index in [2.05, 4.69) is 37.5 Å². The Kier molecular flexibility index (Phi) is 5.32. The summed E-state index contributed by atoms with van der Waals surface area (Å²) in [4.78, 5) is 12.6. The second-order valence-electron chi connectivity index (χ2n) is 4.32. The molecule has 1 heterocycles. The molecule has 0 aliphatic heterocycles. The van der Waals surface area contributed by atoms with E-state index < -0.39 is 0 Å². The van der Waals surface area contributed by atoms with Crippen molar-refractivity contribution in [2.75, 3.05) is 6.54 Å². The van der Waals surface area contributed by atoms with Crippen molar-refractivity contribution in [3.8, 4) is 0 Å².